The molecule has 0 bridgehead atoms. The zero-order chi connectivity index (χ0) is 23.0. The van der Waals surface area contributed by atoms with Gasteiger partial charge in [-0.2, -0.15) is 0 Å². The number of nitrogens with zero attached hydrogens (tertiary/aromatic N) is 1. The number of carbonyl (C=O) groups excluding carboxylic acids is 1. The van der Waals surface area contributed by atoms with Crippen LogP contribution in [0.2, 0.25) is 0 Å². The fraction of sp³-hybridized carbons (Fsp3) is 0.964. The molecule has 0 saturated heterocycles. The number of carbonyl (C=O) groups is 1. The monoisotopic (exact) mass is 477 g/mol. The molecule has 3 nitrogen and oxygen atoms in total. The average molecular weight is 478 g/mol. The maximum atomic E-state index is 11.3. The van der Waals surface area contributed by atoms with Crippen molar-refractivity contribution < 1.29 is 61.3 Å². The van der Waals surface area contributed by atoms with E-state index < -0.39 is 5.97 Å². The molecule has 0 radical (unpaired) electrons. The van der Waals surface area contributed by atoms with Crippen LogP contribution < -0.4 is 56.5 Å². The molecular formula is C28H56KNO2. The van der Waals surface area contributed by atoms with Gasteiger partial charge in [0.15, 0.2) is 0 Å². The summed E-state index contributed by atoms with van der Waals surface area (Å²) in [4.78, 5) is 13.8. The van der Waals surface area contributed by atoms with Crippen LogP contribution in [0.15, 0.2) is 0 Å². The molecule has 0 heterocycles. The molecule has 32 heavy (non-hydrogen) atoms. The van der Waals surface area contributed by atoms with Crippen molar-refractivity contribution in [3.63, 3.8) is 0 Å². The fourth-order valence-corrected chi connectivity index (χ4v) is 4.67. The fourth-order valence-electron chi connectivity index (χ4n) is 4.67. The smallest absolute Gasteiger partial charge is 0.550 e. The summed E-state index contributed by atoms with van der Waals surface area (Å²) in [7, 11) is 0. The Morgan fingerprint density at radius 3 is 1.25 bits per heavy atom. The van der Waals surface area contributed by atoms with Crippen LogP contribution >= 0.6 is 0 Å². The third-order valence-electron chi connectivity index (χ3n) is 6.64. The van der Waals surface area contributed by atoms with Crippen LogP contribution in [0.3, 0.4) is 0 Å². The van der Waals surface area contributed by atoms with Gasteiger partial charge in [0.2, 0.25) is 0 Å². The predicted molar refractivity (Wildman–Crippen MR) is 134 cm³/mol. The minimum atomic E-state index is -0.886. The Morgan fingerprint density at radius 2 is 0.938 bits per heavy atom. The quantitative estimate of drug-likeness (QED) is 0.142. The van der Waals surface area contributed by atoms with Crippen molar-refractivity contribution in [2.24, 2.45) is 0 Å². The van der Waals surface area contributed by atoms with Gasteiger partial charge >= 0.3 is 51.4 Å². The molecule has 1 atom stereocenters. The van der Waals surface area contributed by atoms with Gasteiger partial charge in [0.05, 0.1) is 0 Å². The first-order chi connectivity index (χ1) is 15.2. The summed E-state index contributed by atoms with van der Waals surface area (Å²) in [6.07, 6.45) is 26.3. The van der Waals surface area contributed by atoms with E-state index in [0.717, 1.165) is 25.9 Å². The second-order valence-corrected chi connectivity index (χ2v) is 9.71. The van der Waals surface area contributed by atoms with Crippen LogP contribution in [0.4, 0.5) is 0 Å². The van der Waals surface area contributed by atoms with E-state index in [-0.39, 0.29) is 63.8 Å². The second-order valence-electron chi connectivity index (χ2n) is 9.71. The molecule has 0 aromatic heterocycles. The Balaban J connectivity index is 0. The topological polar surface area (TPSA) is 43.4 Å². The van der Waals surface area contributed by atoms with Crippen LogP contribution in [-0.2, 0) is 4.79 Å². The molecule has 0 aliphatic heterocycles. The van der Waals surface area contributed by atoms with Gasteiger partial charge in [0.25, 0.3) is 0 Å². The Bertz CT molecular complexity index is 356. The molecule has 1 unspecified atom stereocenters. The van der Waals surface area contributed by atoms with Crippen LogP contribution in [-0.4, -0.2) is 30.0 Å². The van der Waals surface area contributed by atoms with Gasteiger partial charge in [-0.3, -0.25) is 0 Å². The van der Waals surface area contributed by atoms with Crippen LogP contribution in [0.1, 0.15) is 156 Å². The Morgan fingerprint density at radius 1 is 0.594 bits per heavy atom. The second kappa shape index (κ2) is 28.3. The van der Waals surface area contributed by atoms with Gasteiger partial charge in [0, 0.05) is 18.4 Å². The molecule has 0 fully saturated rings. The molecule has 0 rings (SSSR count). The van der Waals surface area contributed by atoms with Gasteiger partial charge < -0.3 is 14.8 Å². The molecule has 0 N–H and O–H groups in total. The number of carboxylic acids is 1. The summed E-state index contributed by atoms with van der Waals surface area (Å²) in [6.45, 7) is 8.83. The minimum absolute atomic E-state index is 0. The van der Waals surface area contributed by atoms with Crippen LogP contribution in [0.25, 0.3) is 0 Å². The first kappa shape index (κ1) is 35.2. The number of aliphatic carboxylic acids is 1. The number of carboxylic acid groups (broad SMARTS) is 1. The van der Waals surface area contributed by atoms with E-state index in [2.05, 4.69) is 25.7 Å². The summed E-state index contributed by atoms with van der Waals surface area (Å²) >= 11 is 0. The van der Waals surface area contributed by atoms with E-state index in [9.17, 15) is 9.90 Å². The van der Waals surface area contributed by atoms with Crippen molar-refractivity contribution in [1.82, 2.24) is 4.90 Å². The number of unbranched alkanes of at least 4 members (excludes halogenated alkanes) is 16. The third kappa shape index (κ3) is 24.2. The van der Waals surface area contributed by atoms with E-state index in [1.54, 1.807) is 0 Å². The van der Waals surface area contributed by atoms with Crippen molar-refractivity contribution in [2.45, 2.75) is 162 Å². The first-order valence-electron chi connectivity index (χ1n) is 14.1. The van der Waals surface area contributed by atoms with Crippen molar-refractivity contribution in [2.75, 3.05) is 13.1 Å². The van der Waals surface area contributed by atoms with Gasteiger partial charge in [-0.05, 0) is 32.4 Å². The average Bonchev–Trinajstić information content (AvgIpc) is 2.74. The van der Waals surface area contributed by atoms with E-state index in [4.69, 9.17) is 0 Å². The molecule has 4 heteroatoms. The minimum Gasteiger partial charge on any atom is -0.550 e. The standard InChI is InChI=1S/C28H57NO2.K/c1-4-7-9-11-13-15-17-19-21-24-29(27(23-6-3)26-28(30)31)25-22-20-18-16-14-12-10-8-5-2;/h27H,4-26H2,1-3H3,(H,30,31);/q;+1/p-1. The molecule has 0 aromatic carbocycles. The molecule has 0 saturated carbocycles. The van der Waals surface area contributed by atoms with Gasteiger partial charge in [-0.1, -0.05) is 130 Å². The summed E-state index contributed by atoms with van der Waals surface area (Å²) in [5, 5.41) is 11.3. The molecule has 0 amide bonds. The van der Waals surface area contributed by atoms with E-state index in [0.29, 0.717) is 0 Å². The summed E-state index contributed by atoms with van der Waals surface area (Å²) in [5.74, 6) is -0.886. The summed E-state index contributed by atoms with van der Waals surface area (Å²) < 4.78 is 0. The Kier molecular flexibility index (Phi) is 31.2. The Labute approximate surface area is 244 Å². The Hall–Kier alpha value is 1.07. The molecule has 0 aromatic rings. The molecule has 186 valence electrons. The number of hydrogen-bond donors (Lipinski definition) is 0. The van der Waals surface area contributed by atoms with Crippen molar-refractivity contribution in [3.8, 4) is 0 Å². The number of hydrogen-bond acceptors (Lipinski definition) is 3. The van der Waals surface area contributed by atoms with Crippen molar-refractivity contribution >= 4 is 5.97 Å². The van der Waals surface area contributed by atoms with E-state index in [1.165, 1.54) is 116 Å². The molecular weight excluding hydrogens is 421 g/mol. The van der Waals surface area contributed by atoms with Crippen molar-refractivity contribution in [3.05, 3.63) is 0 Å². The SMILES string of the molecule is CCCCCCCCCCCN(CCCCCCCCCCC)C(CCC)CC(=O)[O-].[K+]. The maximum Gasteiger partial charge on any atom is 1.00 e. The first-order valence-corrected chi connectivity index (χ1v) is 14.1. The van der Waals surface area contributed by atoms with Crippen LogP contribution in [0.5, 0.6) is 0 Å². The normalized spacial score (nSPS) is 12.1. The number of rotatable bonds is 25. The van der Waals surface area contributed by atoms with E-state index in [1.807, 2.05) is 0 Å². The largest absolute Gasteiger partial charge is 1.00 e. The van der Waals surface area contributed by atoms with Gasteiger partial charge in [-0.25, -0.2) is 0 Å². The van der Waals surface area contributed by atoms with Gasteiger partial charge in [0.1, 0.15) is 0 Å². The molecule has 0 aliphatic carbocycles. The zero-order valence-electron chi connectivity index (χ0n) is 22.6. The summed E-state index contributed by atoms with van der Waals surface area (Å²) in [5.41, 5.74) is 0. The third-order valence-corrected chi connectivity index (χ3v) is 6.64. The molecule has 0 aliphatic rings. The van der Waals surface area contributed by atoms with Crippen molar-refractivity contribution in [1.29, 1.82) is 0 Å². The zero-order valence-corrected chi connectivity index (χ0v) is 25.7. The van der Waals surface area contributed by atoms with Crippen LogP contribution in [0, 0.1) is 0 Å². The summed E-state index contributed by atoms with van der Waals surface area (Å²) in [6, 6.07) is 0.165. The van der Waals surface area contributed by atoms with E-state index >= 15 is 0 Å². The van der Waals surface area contributed by atoms with Gasteiger partial charge in [-0.15, -0.1) is 0 Å². The predicted octanol–water partition coefficient (Wildman–Crippen LogP) is 4.66. The maximum absolute atomic E-state index is 11.3. The molecule has 0 spiro atoms.